The van der Waals surface area contributed by atoms with Crippen molar-refractivity contribution in [2.45, 2.75) is 13.0 Å². The van der Waals surface area contributed by atoms with Crippen molar-refractivity contribution >= 4 is 24.8 Å². The van der Waals surface area contributed by atoms with Gasteiger partial charge in [0.25, 0.3) is 0 Å². The van der Waals surface area contributed by atoms with Gasteiger partial charge in [-0.05, 0) is 25.1 Å². The Kier molecular flexibility index (Phi) is 10.9. The van der Waals surface area contributed by atoms with E-state index >= 15 is 0 Å². The largest absolute Gasteiger partial charge is 0.315 e. The van der Waals surface area contributed by atoms with Crippen molar-refractivity contribution in [1.82, 2.24) is 20.0 Å². The van der Waals surface area contributed by atoms with Gasteiger partial charge in [-0.2, -0.15) is 0 Å². The van der Waals surface area contributed by atoms with E-state index in [1.165, 1.54) is 70.9 Å². The lowest BCUT2D eigenvalue weighted by Gasteiger charge is -2.35. The van der Waals surface area contributed by atoms with Gasteiger partial charge in [0, 0.05) is 58.9 Å². The zero-order chi connectivity index (χ0) is 15.0. The molecule has 0 atom stereocenters. The Balaban J connectivity index is 0.00000144. The van der Waals surface area contributed by atoms with Crippen LogP contribution in [0.5, 0.6) is 0 Å². The van der Waals surface area contributed by atoms with Gasteiger partial charge < -0.3 is 10.2 Å². The van der Waals surface area contributed by atoms with Crippen LogP contribution in [-0.2, 0) is 6.54 Å². The van der Waals surface area contributed by atoms with E-state index in [-0.39, 0.29) is 24.8 Å². The van der Waals surface area contributed by atoms with Crippen LogP contribution < -0.4 is 5.32 Å². The van der Waals surface area contributed by atoms with Crippen LogP contribution in [0.25, 0.3) is 0 Å². The van der Waals surface area contributed by atoms with Gasteiger partial charge in [0.1, 0.15) is 0 Å². The molecule has 0 saturated carbocycles. The standard InChI is InChI=1S/C18H30N4.2ClH/c1-2-5-18(6-3-1)17-22-15-13-21(14-16-22)12-11-20-9-4-7-19-8-10-20;;/h1-3,5-6,19H,4,7-17H2;2*1H. The Labute approximate surface area is 159 Å². The lowest BCUT2D eigenvalue weighted by molar-refractivity contribution is 0.115. The number of piperazine rings is 1. The summed E-state index contributed by atoms with van der Waals surface area (Å²) >= 11 is 0. The van der Waals surface area contributed by atoms with Crippen LogP contribution in [-0.4, -0.2) is 80.1 Å². The van der Waals surface area contributed by atoms with E-state index in [0.717, 1.165) is 13.1 Å². The summed E-state index contributed by atoms with van der Waals surface area (Å²) in [6.45, 7) is 13.3. The Hall–Kier alpha value is -0.360. The Bertz CT molecular complexity index is 416. The maximum absolute atomic E-state index is 3.48. The molecular formula is C18H32Cl2N4. The second-order valence-electron chi connectivity index (χ2n) is 6.55. The molecule has 0 radical (unpaired) electrons. The third-order valence-corrected chi connectivity index (χ3v) is 4.88. The molecule has 2 aliphatic heterocycles. The average molecular weight is 375 g/mol. The van der Waals surface area contributed by atoms with Crippen LogP contribution in [0, 0.1) is 0 Å². The predicted molar refractivity (Wildman–Crippen MR) is 107 cm³/mol. The second-order valence-corrected chi connectivity index (χ2v) is 6.55. The molecule has 0 unspecified atom stereocenters. The van der Waals surface area contributed by atoms with Crippen molar-refractivity contribution in [1.29, 1.82) is 0 Å². The summed E-state index contributed by atoms with van der Waals surface area (Å²) in [5.41, 5.74) is 1.44. The zero-order valence-corrected chi connectivity index (χ0v) is 16.2. The molecular weight excluding hydrogens is 343 g/mol. The third-order valence-electron chi connectivity index (χ3n) is 4.88. The summed E-state index contributed by atoms with van der Waals surface area (Å²) in [5, 5.41) is 3.48. The second kappa shape index (κ2) is 12.1. The molecule has 0 amide bonds. The minimum atomic E-state index is 0. The summed E-state index contributed by atoms with van der Waals surface area (Å²) in [7, 11) is 0. The molecule has 1 aromatic rings. The summed E-state index contributed by atoms with van der Waals surface area (Å²) in [6.07, 6.45) is 1.30. The van der Waals surface area contributed by atoms with Crippen molar-refractivity contribution in [3.05, 3.63) is 35.9 Å². The van der Waals surface area contributed by atoms with Gasteiger partial charge in [0.15, 0.2) is 0 Å². The van der Waals surface area contributed by atoms with Crippen LogP contribution in [0.2, 0.25) is 0 Å². The first-order chi connectivity index (χ1) is 10.9. The molecule has 1 N–H and O–H groups in total. The van der Waals surface area contributed by atoms with E-state index in [4.69, 9.17) is 0 Å². The van der Waals surface area contributed by atoms with Crippen LogP contribution >= 0.6 is 24.8 Å². The number of halogens is 2. The number of nitrogens with zero attached hydrogens (tertiary/aromatic N) is 3. The van der Waals surface area contributed by atoms with Gasteiger partial charge >= 0.3 is 0 Å². The van der Waals surface area contributed by atoms with Gasteiger partial charge in [0.2, 0.25) is 0 Å². The van der Waals surface area contributed by atoms with Crippen molar-refractivity contribution in [3.63, 3.8) is 0 Å². The molecule has 0 aliphatic carbocycles. The van der Waals surface area contributed by atoms with Crippen molar-refractivity contribution in [2.75, 3.05) is 65.4 Å². The molecule has 2 fully saturated rings. The Morgan fingerprint density at radius 3 is 2.04 bits per heavy atom. The zero-order valence-electron chi connectivity index (χ0n) is 14.5. The van der Waals surface area contributed by atoms with Crippen LogP contribution in [0.4, 0.5) is 0 Å². The highest BCUT2D eigenvalue weighted by atomic mass is 35.5. The molecule has 6 heteroatoms. The third kappa shape index (κ3) is 7.26. The molecule has 138 valence electrons. The first-order valence-electron chi connectivity index (χ1n) is 8.82. The lowest BCUT2D eigenvalue weighted by Crippen LogP contribution is -2.48. The summed E-state index contributed by atoms with van der Waals surface area (Å²) in [4.78, 5) is 7.85. The summed E-state index contributed by atoms with van der Waals surface area (Å²) in [6, 6.07) is 10.8. The monoisotopic (exact) mass is 374 g/mol. The van der Waals surface area contributed by atoms with Gasteiger partial charge in [-0.1, -0.05) is 30.3 Å². The Morgan fingerprint density at radius 1 is 0.708 bits per heavy atom. The molecule has 4 nitrogen and oxygen atoms in total. The van der Waals surface area contributed by atoms with Crippen LogP contribution in [0.1, 0.15) is 12.0 Å². The number of hydrogen-bond donors (Lipinski definition) is 1. The molecule has 3 rings (SSSR count). The number of rotatable bonds is 5. The summed E-state index contributed by atoms with van der Waals surface area (Å²) in [5.74, 6) is 0. The molecule has 0 aromatic heterocycles. The van der Waals surface area contributed by atoms with E-state index in [1.807, 2.05) is 0 Å². The quantitative estimate of drug-likeness (QED) is 0.849. The van der Waals surface area contributed by atoms with E-state index in [2.05, 4.69) is 50.3 Å². The molecule has 0 bridgehead atoms. The van der Waals surface area contributed by atoms with E-state index in [9.17, 15) is 0 Å². The first kappa shape index (κ1) is 21.7. The first-order valence-corrected chi connectivity index (χ1v) is 8.82. The Morgan fingerprint density at radius 2 is 1.33 bits per heavy atom. The van der Waals surface area contributed by atoms with Crippen LogP contribution in [0.15, 0.2) is 30.3 Å². The van der Waals surface area contributed by atoms with Gasteiger partial charge in [-0.25, -0.2) is 0 Å². The van der Waals surface area contributed by atoms with E-state index in [1.54, 1.807) is 0 Å². The smallest absolute Gasteiger partial charge is 0.0234 e. The fourth-order valence-electron chi connectivity index (χ4n) is 3.42. The highest BCUT2D eigenvalue weighted by molar-refractivity contribution is 5.85. The van der Waals surface area contributed by atoms with Crippen molar-refractivity contribution in [3.8, 4) is 0 Å². The fraction of sp³-hybridized carbons (Fsp3) is 0.667. The van der Waals surface area contributed by atoms with Crippen molar-refractivity contribution in [2.24, 2.45) is 0 Å². The minimum absolute atomic E-state index is 0. The van der Waals surface area contributed by atoms with Gasteiger partial charge in [-0.15, -0.1) is 24.8 Å². The van der Waals surface area contributed by atoms with Gasteiger partial charge in [-0.3, -0.25) is 9.80 Å². The highest BCUT2D eigenvalue weighted by Crippen LogP contribution is 2.08. The normalized spacial score (nSPS) is 20.7. The summed E-state index contributed by atoms with van der Waals surface area (Å²) < 4.78 is 0. The molecule has 1 aromatic carbocycles. The lowest BCUT2D eigenvalue weighted by atomic mass is 10.2. The molecule has 2 aliphatic rings. The predicted octanol–water partition coefficient (Wildman–Crippen LogP) is 1.94. The minimum Gasteiger partial charge on any atom is -0.315 e. The average Bonchev–Trinajstić information content (AvgIpc) is 2.84. The molecule has 2 heterocycles. The number of hydrogen-bond acceptors (Lipinski definition) is 4. The molecule has 2 saturated heterocycles. The number of benzene rings is 1. The van der Waals surface area contributed by atoms with Crippen molar-refractivity contribution < 1.29 is 0 Å². The van der Waals surface area contributed by atoms with E-state index in [0.29, 0.717) is 0 Å². The van der Waals surface area contributed by atoms with Crippen LogP contribution in [0.3, 0.4) is 0 Å². The molecule has 24 heavy (non-hydrogen) atoms. The highest BCUT2D eigenvalue weighted by Gasteiger charge is 2.17. The fourth-order valence-corrected chi connectivity index (χ4v) is 3.42. The maximum atomic E-state index is 3.48. The molecule has 0 spiro atoms. The van der Waals surface area contributed by atoms with E-state index < -0.39 is 0 Å². The topological polar surface area (TPSA) is 21.8 Å². The maximum Gasteiger partial charge on any atom is 0.0234 e. The number of nitrogens with one attached hydrogen (secondary N) is 1. The SMILES string of the molecule is Cl.Cl.c1ccc(CN2CCN(CCN3CCCNCC3)CC2)cc1. The van der Waals surface area contributed by atoms with Gasteiger partial charge in [0.05, 0.1) is 0 Å².